The summed E-state index contributed by atoms with van der Waals surface area (Å²) in [6.45, 7) is 1.92. The Bertz CT molecular complexity index is 1910. The Hall–Kier alpha value is -5.02. The predicted molar refractivity (Wildman–Crippen MR) is 172 cm³/mol. The number of nitrogens with zero attached hydrogens (tertiary/aromatic N) is 2. The van der Waals surface area contributed by atoms with Crippen molar-refractivity contribution < 1.29 is 22.6 Å². The first-order valence-electron chi connectivity index (χ1n) is 14.1. The molecule has 4 aromatic carbocycles. The van der Waals surface area contributed by atoms with Crippen LogP contribution in [0.4, 0.5) is 11.5 Å². The van der Waals surface area contributed by atoms with Gasteiger partial charge in [-0.2, -0.15) is 12.5 Å². The molecule has 6 rings (SSSR count). The van der Waals surface area contributed by atoms with Crippen LogP contribution >= 0.6 is 0 Å². The topological polar surface area (TPSA) is 91.7 Å². The first-order valence-corrected chi connectivity index (χ1v) is 15.6. The molecule has 0 saturated carbocycles. The lowest BCUT2D eigenvalue weighted by molar-refractivity contribution is 0.323. The van der Waals surface area contributed by atoms with Crippen molar-refractivity contribution in [1.82, 2.24) is 9.19 Å². The third-order valence-electron chi connectivity index (χ3n) is 8.02. The lowest BCUT2D eigenvalue weighted by Crippen LogP contribution is -2.33. The molecule has 1 N–H and O–H groups in total. The van der Waals surface area contributed by atoms with Crippen molar-refractivity contribution in [3.8, 4) is 17.2 Å². The monoisotopic (exact) mass is 607 g/mol. The SMILES string of the molecule is COc1cc(C2(c3ccccc3)C=Cc3c(Nc4ccccc4)nn(S(=O)(=O)c4ccc(C)cc4)c3C2)cc(OC)c1OC. The zero-order valence-corrected chi connectivity index (χ0v) is 25.8. The van der Waals surface area contributed by atoms with Crippen LogP contribution in [0.25, 0.3) is 6.08 Å². The maximum absolute atomic E-state index is 14.2. The van der Waals surface area contributed by atoms with Crippen molar-refractivity contribution in [2.24, 2.45) is 0 Å². The number of hydrogen-bond donors (Lipinski definition) is 1. The van der Waals surface area contributed by atoms with Crippen LogP contribution in [-0.2, 0) is 21.9 Å². The first kappa shape index (κ1) is 29.1. The molecule has 0 radical (unpaired) electrons. The highest BCUT2D eigenvalue weighted by atomic mass is 32.2. The van der Waals surface area contributed by atoms with Crippen LogP contribution < -0.4 is 19.5 Å². The number of aromatic nitrogens is 2. The molecule has 0 amide bonds. The number of anilines is 2. The fraction of sp³-hybridized carbons (Fsp3) is 0.171. The summed E-state index contributed by atoms with van der Waals surface area (Å²) in [5, 5.41) is 8.04. The summed E-state index contributed by atoms with van der Waals surface area (Å²) >= 11 is 0. The van der Waals surface area contributed by atoms with Crippen LogP contribution in [-0.4, -0.2) is 38.9 Å². The highest BCUT2D eigenvalue weighted by Gasteiger charge is 2.41. The molecule has 1 atom stereocenters. The van der Waals surface area contributed by atoms with Crippen LogP contribution in [0.15, 0.2) is 108 Å². The first-order chi connectivity index (χ1) is 21.3. The molecule has 1 aliphatic rings. The summed E-state index contributed by atoms with van der Waals surface area (Å²) < 4.78 is 46.7. The molecule has 1 unspecified atom stereocenters. The number of rotatable bonds is 9. The predicted octanol–water partition coefficient (Wildman–Crippen LogP) is 6.75. The maximum Gasteiger partial charge on any atom is 0.283 e. The fourth-order valence-corrected chi connectivity index (χ4v) is 7.05. The minimum absolute atomic E-state index is 0.160. The van der Waals surface area contributed by atoms with Crippen molar-refractivity contribution in [3.63, 3.8) is 0 Å². The van der Waals surface area contributed by atoms with Gasteiger partial charge in [0.1, 0.15) is 0 Å². The molecule has 8 nitrogen and oxygen atoms in total. The molecule has 44 heavy (non-hydrogen) atoms. The van der Waals surface area contributed by atoms with Crippen molar-refractivity contribution in [3.05, 3.63) is 131 Å². The van der Waals surface area contributed by atoms with Gasteiger partial charge < -0.3 is 19.5 Å². The van der Waals surface area contributed by atoms with E-state index in [4.69, 9.17) is 19.3 Å². The van der Waals surface area contributed by atoms with Crippen molar-refractivity contribution in [2.75, 3.05) is 26.6 Å². The van der Waals surface area contributed by atoms with E-state index in [-0.39, 0.29) is 11.3 Å². The minimum Gasteiger partial charge on any atom is -0.493 e. The number of para-hydroxylation sites is 1. The second-order valence-electron chi connectivity index (χ2n) is 10.6. The molecular weight excluding hydrogens is 574 g/mol. The lowest BCUT2D eigenvalue weighted by Gasteiger charge is -2.35. The average molecular weight is 608 g/mol. The van der Waals surface area contributed by atoms with E-state index >= 15 is 0 Å². The number of ether oxygens (including phenoxy) is 3. The van der Waals surface area contributed by atoms with E-state index in [0.29, 0.717) is 34.3 Å². The van der Waals surface area contributed by atoms with Crippen LogP contribution in [0, 0.1) is 6.92 Å². The Balaban J connectivity index is 1.60. The largest absolute Gasteiger partial charge is 0.493 e. The summed E-state index contributed by atoms with van der Waals surface area (Å²) in [5.74, 6) is 1.93. The smallest absolute Gasteiger partial charge is 0.283 e. The molecule has 5 aromatic rings. The number of benzene rings is 4. The van der Waals surface area contributed by atoms with E-state index in [0.717, 1.165) is 22.4 Å². The number of fused-ring (bicyclic) bond motifs is 1. The van der Waals surface area contributed by atoms with Crippen molar-refractivity contribution in [2.45, 2.75) is 23.7 Å². The van der Waals surface area contributed by atoms with E-state index in [1.807, 2.05) is 85.8 Å². The number of allylic oxidation sites excluding steroid dienone is 1. The van der Waals surface area contributed by atoms with Crippen LogP contribution in [0.2, 0.25) is 0 Å². The Morgan fingerprint density at radius 1 is 0.795 bits per heavy atom. The molecule has 224 valence electrons. The summed E-state index contributed by atoms with van der Waals surface area (Å²) in [6, 6.07) is 30.2. The zero-order chi connectivity index (χ0) is 30.9. The molecule has 0 spiro atoms. The standard InChI is InChI=1S/C35H33N3O5S/c1-24-15-17-28(18-16-24)44(39,40)38-30-23-35(25-11-7-5-8-12-25,26-21-31(41-2)33(43-4)32(22-26)42-3)20-19-29(30)34(37-38)36-27-13-9-6-10-14-27/h5-22H,23H2,1-4H3,(H,36,37). The third-order valence-corrected chi connectivity index (χ3v) is 9.65. The summed E-state index contributed by atoms with van der Waals surface area (Å²) in [4.78, 5) is 0.160. The Labute approximate surface area is 257 Å². The lowest BCUT2D eigenvalue weighted by atomic mass is 9.68. The quantitative estimate of drug-likeness (QED) is 0.198. The molecule has 1 heterocycles. The zero-order valence-electron chi connectivity index (χ0n) is 24.9. The van der Waals surface area contributed by atoms with E-state index in [1.54, 1.807) is 45.6 Å². The van der Waals surface area contributed by atoms with Gasteiger partial charge in [0.05, 0.1) is 31.9 Å². The Morgan fingerprint density at radius 3 is 2.00 bits per heavy atom. The minimum atomic E-state index is -4.06. The van der Waals surface area contributed by atoms with Crippen LogP contribution in [0.1, 0.15) is 27.9 Å². The Morgan fingerprint density at radius 2 is 1.41 bits per heavy atom. The average Bonchev–Trinajstić information content (AvgIpc) is 3.42. The maximum atomic E-state index is 14.2. The van der Waals surface area contributed by atoms with Gasteiger partial charge in [0, 0.05) is 23.1 Å². The normalized spacial score (nSPS) is 15.8. The van der Waals surface area contributed by atoms with Gasteiger partial charge in [-0.05, 0) is 54.4 Å². The van der Waals surface area contributed by atoms with E-state index < -0.39 is 15.4 Å². The molecule has 0 fully saturated rings. The number of hydrogen-bond acceptors (Lipinski definition) is 7. The third kappa shape index (κ3) is 4.99. The van der Waals surface area contributed by atoms with E-state index in [2.05, 4.69) is 11.4 Å². The summed E-state index contributed by atoms with van der Waals surface area (Å²) in [5.41, 5.74) is 4.02. The summed E-state index contributed by atoms with van der Waals surface area (Å²) in [6.07, 6.45) is 4.34. The van der Waals surface area contributed by atoms with Crippen LogP contribution in [0.5, 0.6) is 17.2 Å². The van der Waals surface area contributed by atoms with Gasteiger partial charge >= 0.3 is 0 Å². The Kier molecular flexibility index (Phi) is 7.65. The van der Waals surface area contributed by atoms with Crippen molar-refractivity contribution in [1.29, 1.82) is 0 Å². The number of nitrogens with one attached hydrogen (secondary N) is 1. The van der Waals surface area contributed by atoms with Gasteiger partial charge in [-0.3, -0.25) is 0 Å². The van der Waals surface area contributed by atoms with Gasteiger partial charge in [0.2, 0.25) is 5.75 Å². The van der Waals surface area contributed by atoms with Gasteiger partial charge in [-0.1, -0.05) is 78.4 Å². The van der Waals surface area contributed by atoms with E-state index in [1.165, 1.54) is 4.09 Å². The molecule has 1 aliphatic carbocycles. The van der Waals surface area contributed by atoms with Gasteiger partial charge in [0.15, 0.2) is 17.3 Å². The van der Waals surface area contributed by atoms with Crippen molar-refractivity contribution >= 4 is 27.6 Å². The summed E-state index contributed by atoms with van der Waals surface area (Å²) in [7, 11) is 0.666. The molecule has 1 aromatic heterocycles. The highest BCUT2D eigenvalue weighted by Crippen LogP contribution is 2.48. The van der Waals surface area contributed by atoms with Gasteiger partial charge in [-0.25, -0.2) is 0 Å². The van der Waals surface area contributed by atoms with Gasteiger partial charge in [0.25, 0.3) is 10.0 Å². The molecule has 0 saturated heterocycles. The fourth-order valence-electron chi connectivity index (χ4n) is 5.73. The molecule has 0 bridgehead atoms. The van der Waals surface area contributed by atoms with Crippen LogP contribution in [0.3, 0.4) is 0 Å². The van der Waals surface area contributed by atoms with E-state index in [9.17, 15) is 8.42 Å². The van der Waals surface area contributed by atoms with Gasteiger partial charge in [-0.15, -0.1) is 5.10 Å². The number of methoxy groups -OCH3 is 3. The molecule has 0 aliphatic heterocycles. The second kappa shape index (κ2) is 11.6. The highest BCUT2D eigenvalue weighted by molar-refractivity contribution is 7.89. The second-order valence-corrected chi connectivity index (χ2v) is 12.4. The number of aryl methyl sites for hydroxylation is 1. The molecular formula is C35H33N3O5S. The molecule has 9 heteroatoms.